The third-order valence-corrected chi connectivity index (χ3v) is 13.1. The normalized spacial score (nSPS) is 11.2. The quantitative estimate of drug-likeness (QED) is 0.128. The maximum Gasteiger partial charge on any atom is 0.0541 e. The zero-order valence-electron chi connectivity index (χ0n) is 38.0. The van der Waals surface area contributed by atoms with E-state index in [9.17, 15) is 0 Å². The van der Waals surface area contributed by atoms with Gasteiger partial charge in [-0.2, -0.15) is 0 Å². The Hall–Kier alpha value is -9.18. The van der Waals surface area contributed by atoms with Gasteiger partial charge >= 0.3 is 0 Å². The van der Waals surface area contributed by atoms with E-state index in [0.29, 0.717) is 0 Å². The van der Waals surface area contributed by atoms with Gasteiger partial charge in [-0.05, 0) is 166 Å². The van der Waals surface area contributed by atoms with Crippen molar-refractivity contribution >= 4 is 55.9 Å². The molecule has 69 heavy (non-hydrogen) atoms. The van der Waals surface area contributed by atoms with Crippen LogP contribution in [0, 0.1) is 0 Å². The molecule has 326 valence electrons. The summed E-state index contributed by atoms with van der Waals surface area (Å²) in [7, 11) is 0. The predicted octanol–water partition coefficient (Wildman–Crippen LogP) is 18.4. The first-order valence-corrected chi connectivity index (χ1v) is 23.6. The second kappa shape index (κ2) is 18.2. The lowest BCUT2D eigenvalue weighted by Crippen LogP contribution is -2.10. The first kappa shape index (κ1) is 41.3. The number of aromatic nitrogens is 1. The number of nitrogens with zero attached hydrogens (tertiary/aromatic N) is 3. The summed E-state index contributed by atoms with van der Waals surface area (Å²) < 4.78 is 2.41. The molecule has 0 saturated heterocycles. The van der Waals surface area contributed by atoms with Crippen molar-refractivity contribution in [1.82, 2.24) is 4.57 Å². The van der Waals surface area contributed by atoms with Gasteiger partial charge in [-0.25, -0.2) is 0 Å². The highest BCUT2D eigenvalue weighted by Crippen LogP contribution is 2.44. The van der Waals surface area contributed by atoms with E-state index >= 15 is 0 Å². The van der Waals surface area contributed by atoms with E-state index in [2.05, 4.69) is 299 Å². The summed E-state index contributed by atoms with van der Waals surface area (Å²) >= 11 is 0. The molecule has 0 N–H and O–H groups in total. The van der Waals surface area contributed by atoms with Crippen molar-refractivity contribution in [2.75, 3.05) is 9.80 Å². The molecule has 0 aliphatic carbocycles. The van der Waals surface area contributed by atoms with Gasteiger partial charge in [-0.3, -0.25) is 0 Å². The summed E-state index contributed by atoms with van der Waals surface area (Å²) in [6, 6.07) is 103. The van der Waals surface area contributed by atoms with Crippen molar-refractivity contribution in [1.29, 1.82) is 0 Å². The summed E-state index contributed by atoms with van der Waals surface area (Å²) in [5, 5.41) is 2.38. The van der Waals surface area contributed by atoms with Crippen LogP contribution >= 0.6 is 0 Å². The SMILES string of the molecule is c1ccc(-c2cc(-c3ccc4c(c3)c3cc(-c5cc(-c6ccccc6)cc(N(c6ccccc6)c6ccccc6)c5)ccc3n4-c3ccccc3)cc(N(c3ccccc3)c3ccccc3)c2)cc1. The Morgan fingerprint density at radius 1 is 0.203 bits per heavy atom. The first-order chi connectivity index (χ1) is 34.2. The van der Waals surface area contributed by atoms with Crippen molar-refractivity contribution < 1.29 is 0 Å². The van der Waals surface area contributed by atoms with Crippen molar-refractivity contribution in [2.24, 2.45) is 0 Å². The molecule has 0 atom stereocenters. The van der Waals surface area contributed by atoms with Crippen molar-refractivity contribution in [3.05, 3.63) is 285 Å². The molecule has 0 aliphatic heterocycles. The molecule has 1 heterocycles. The van der Waals surface area contributed by atoms with E-state index < -0.39 is 0 Å². The van der Waals surface area contributed by atoms with E-state index in [1.807, 2.05) is 0 Å². The zero-order chi connectivity index (χ0) is 45.9. The van der Waals surface area contributed by atoms with Gasteiger partial charge in [0.15, 0.2) is 0 Å². The molecular formula is C66H47N3. The Balaban J connectivity index is 1.07. The van der Waals surface area contributed by atoms with Gasteiger partial charge in [0.05, 0.1) is 11.0 Å². The minimum atomic E-state index is 1.09. The van der Waals surface area contributed by atoms with Gasteiger partial charge in [0.1, 0.15) is 0 Å². The maximum absolute atomic E-state index is 2.41. The van der Waals surface area contributed by atoms with Crippen molar-refractivity contribution in [2.45, 2.75) is 0 Å². The topological polar surface area (TPSA) is 11.4 Å². The fourth-order valence-corrected chi connectivity index (χ4v) is 9.85. The minimum Gasteiger partial charge on any atom is -0.310 e. The van der Waals surface area contributed by atoms with Crippen LogP contribution in [-0.2, 0) is 0 Å². The number of hydrogen-bond donors (Lipinski definition) is 0. The average Bonchev–Trinajstić information content (AvgIpc) is 3.76. The summed E-state index contributed by atoms with van der Waals surface area (Å²) in [6.07, 6.45) is 0. The third-order valence-electron chi connectivity index (χ3n) is 13.1. The van der Waals surface area contributed by atoms with Gasteiger partial charge in [-0.1, -0.05) is 164 Å². The summed E-state index contributed by atoms with van der Waals surface area (Å²) in [5.41, 5.74) is 19.3. The number of rotatable bonds is 11. The molecule has 12 rings (SSSR count). The Kier molecular flexibility index (Phi) is 10.9. The van der Waals surface area contributed by atoms with Gasteiger partial charge in [0.2, 0.25) is 0 Å². The van der Waals surface area contributed by atoms with Gasteiger partial charge < -0.3 is 14.4 Å². The summed E-state index contributed by atoms with van der Waals surface area (Å²) in [5.74, 6) is 0. The molecule has 0 unspecified atom stereocenters. The largest absolute Gasteiger partial charge is 0.310 e. The maximum atomic E-state index is 2.41. The van der Waals surface area contributed by atoms with E-state index in [1.54, 1.807) is 0 Å². The fourth-order valence-electron chi connectivity index (χ4n) is 9.85. The van der Waals surface area contributed by atoms with Crippen LogP contribution < -0.4 is 9.80 Å². The predicted molar refractivity (Wildman–Crippen MR) is 292 cm³/mol. The Labute approximate surface area is 403 Å². The molecule has 0 spiro atoms. The molecule has 12 aromatic rings. The summed E-state index contributed by atoms with van der Waals surface area (Å²) in [6.45, 7) is 0. The molecule has 0 aliphatic rings. The monoisotopic (exact) mass is 881 g/mol. The van der Waals surface area contributed by atoms with Crippen LogP contribution in [0.25, 0.3) is 72.0 Å². The van der Waals surface area contributed by atoms with Crippen LogP contribution in [-0.4, -0.2) is 4.57 Å². The van der Waals surface area contributed by atoms with Gasteiger partial charge in [0, 0.05) is 50.6 Å². The molecule has 0 saturated carbocycles. The highest BCUT2D eigenvalue weighted by atomic mass is 15.1. The van der Waals surface area contributed by atoms with E-state index in [-0.39, 0.29) is 0 Å². The Morgan fingerprint density at radius 3 is 0.826 bits per heavy atom. The fraction of sp³-hybridized carbons (Fsp3) is 0. The van der Waals surface area contributed by atoms with E-state index in [4.69, 9.17) is 0 Å². The third kappa shape index (κ3) is 8.13. The number of para-hydroxylation sites is 5. The summed E-state index contributed by atoms with van der Waals surface area (Å²) in [4.78, 5) is 4.72. The van der Waals surface area contributed by atoms with Crippen LogP contribution in [0.1, 0.15) is 0 Å². The Bertz CT molecular complexity index is 3380. The van der Waals surface area contributed by atoms with Crippen LogP contribution in [0.15, 0.2) is 285 Å². The second-order valence-electron chi connectivity index (χ2n) is 17.4. The van der Waals surface area contributed by atoms with Crippen LogP contribution in [0.5, 0.6) is 0 Å². The molecule has 0 bridgehead atoms. The lowest BCUT2D eigenvalue weighted by Gasteiger charge is -2.27. The molecule has 0 fully saturated rings. The van der Waals surface area contributed by atoms with Crippen molar-refractivity contribution in [3.63, 3.8) is 0 Å². The molecule has 3 heteroatoms. The minimum absolute atomic E-state index is 1.09. The van der Waals surface area contributed by atoms with Crippen LogP contribution in [0.3, 0.4) is 0 Å². The molecule has 0 amide bonds. The van der Waals surface area contributed by atoms with Gasteiger partial charge in [-0.15, -0.1) is 0 Å². The number of hydrogen-bond acceptors (Lipinski definition) is 2. The number of anilines is 6. The van der Waals surface area contributed by atoms with E-state index in [0.717, 1.165) is 84.2 Å². The average molecular weight is 882 g/mol. The number of fused-ring (bicyclic) bond motifs is 3. The van der Waals surface area contributed by atoms with Crippen LogP contribution in [0.2, 0.25) is 0 Å². The molecule has 0 radical (unpaired) electrons. The van der Waals surface area contributed by atoms with Crippen LogP contribution in [0.4, 0.5) is 34.1 Å². The van der Waals surface area contributed by atoms with Crippen molar-refractivity contribution in [3.8, 4) is 50.2 Å². The smallest absolute Gasteiger partial charge is 0.0541 e. The molecular weight excluding hydrogens is 835 g/mol. The standard InChI is InChI=1S/C66H47N3/c1-8-22-48(23-9-1)52-40-54(44-61(42-52)67(56-26-12-3-13-27-56)57-28-14-4-15-29-57)50-36-38-65-63(46-50)64-47-51(37-39-66(64)69(65)60-34-20-7-21-35-60)55-41-53(49-24-10-2-11-25-49)43-62(45-55)68(58-30-16-5-17-31-58)59-32-18-6-19-33-59/h1-47H. The second-order valence-corrected chi connectivity index (χ2v) is 17.4. The lowest BCUT2D eigenvalue weighted by atomic mass is 9.95. The zero-order valence-corrected chi connectivity index (χ0v) is 38.0. The highest BCUT2D eigenvalue weighted by Gasteiger charge is 2.20. The molecule has 11 aromatic carbocycles. The lowest BCUT2D eigenvalue weighted by molar-refractivity contribution is 1.18. The Morgan fingerprint density at radius 2 is 0.493 bits per heavy atom. The van der Waals surface area contributed by atoms with Gasteiger partial charge in [0.25, 0.3) is 0 Å². The number of benzene rings is 11. The first-order valence-electron chi connectivity index (χ1n) is 23.6. The van der Waals surface area contributed by atoms with E-state index in [1.165, 1.54) is 21.9 Å². The highest BCUT2D eigenvalue weighted by molar-refractivity contribution is 6.12. The molecule has 3 nitrogen and oxygen atoms in total. The molecule has 1 aromatic heterocycles.